The summed E-state index contributed by atoms with van der Waals surface area (Å²) in [6.45, 7) is 4.53. The Labute approximate surface area is 146 Å². The first-order chi connectivity index (χ1) is 12.1. The molecule has 0 spiro atoms. The number of benzene rings is 1. The summed E-state index contributed by atoms with van der Waals surface area (Å²) in [5.41, 5.74) is 2.53. The Balaban J connectivity index is 1.86. The number of nitrogens with zero attached hydrogens (tertiary/aromatic N) is 3. The summed E-state index contributed by atoms with van der Waals surface area (Å²) in [7, 11) is 0. The summed E-state index contributed by atoms with van der Waals surface area (Å²) in [6.07, 6.45) is 3.49. The van der Waals surface area contributed by atoms with Crippen molar-refractivity contribution >= 4 is 11.8 Å². The Bertz CT molecular complexity index is 836. The van der Waals surface area contributed by atoms with Crippen LogP contribution in [0.2, 0.25) is 0 Å². The van der Waals surface area contributed by atoms with Gasteiger partial charge in [-0.05, 0) is 43.7 Å². The van der Waals surface area contributed by atoms with Crippen LogP contribution >= 0.6 is 0 Å². The third-order valence-electron chi connectivity index (χ3n) is 3.46. The maximum atomic E-state index is 13.3. The second kappa shape index (κ2) is 7.70. The first-order valence-corrected chi connectivity index (χ1v) is 8.14. The summed E-state index contributed by atoms with van der Waals surface area (Å²) >= 11 is 0. The molecule has 128 valence electrons. The highest BCUT2D eigenvalue weighted by Gasteiger charge is 2.08. The van der Waals surface area contributed by atoms with E-state index >= 15 is 0 Å². The largest absolute Gasteiger partial charge is 0.366 e. The zero-order chi connectivity index (χ0) is 17.6. The summed E-state index contributed by atoms with van der Waals surface area (Å²) in [5.74, 6) is 0.958. The first kappa shape index (κ1) is 16.8. The fourth-order valence-corrected chi connectivity index (χ4v) is 2.36. The minimum Gasteiger partial charge on any atom is -0.366 e. The molecule has 0 atom stereocenters. The molecule has 5 nitrogen and oxygen atoms in total. The molecule has 3 rings (SSSR count). The van der Waals surface area contributed by atoms with Crippen LogP contribution in [0.5, 0.6) is 0 Å². The predicted octanol–water partition coefficient (Wildman–Crippen LogP) is 4.11. The molecule has 2 aromatic heterocycles. The molecule has 0 amide bonds. The maximum Gasteiger partial charge on any atom is 0.225 e. The van der Waals surface area contributed by atoms with Gasteiger partial charge in [-0.2, -0.15) is 4.98 Å². The van der Waals surface area contributed by atoms with Crippen LogP contribution in [-0.4, -0.2) is 21.0 Å². The third-order valence-corrected chi connectivity index (χ3v) is 3.46. The number of aromatic nitrogens is 3. The highest BCUT2D eigenvalue weighted by atomic mass is 19.1. The summed E-state index contributed by atoms with van der Waals surface area (Å²) in [4.78, 5) is 13.2. The normalized spacial score (nSPS) is 10.7. The van der Waals surface area contributed by atoms with Gasteiger partial charge >= 0.3 is 0 Å². The molecule has 2 N–H and O–H groups in total. The molecule has 2 heterocycles. The predicted molar refractivity (Wildman–Crippen MR) is 97.7 cm³/mol. The quantitative estimate of drug-likeness (QED) is 0.709. The van der Waals surface area contributed by atoms with E-state index in [0.717, 1.165) is 16.8 Å². The number of pyridine rings is 1. The van der Waals surface area contributed by atoms with E-state index in [0.29, 0.717) is 18.3 Å². The number of hydrogen-bond donors (Lipinski definition) is 2. The molecule has 0 saturated heterocycles. The second-order valence-electron chi connectivity index (χ2n) is 5.99. The fraction of sp³-hybridized carbons (Fsp3) is 0.211. The summed E-state index contributed by atoms with van der Waals surface area (Å²) < 4.78 is 13.3. The smallest absolute Gasteiger partial charge is 0.225 e. The molecule has 1 aromatic carbocycles. The van der Waals surface area contributed by atoms with Crippen molar-refractivity contribution in [2.45, 2.75) is 26.4 Å². The SMILES string of the molecule is CC(C)Nc1nc(NCc2cccc(F)c2)cc(-c2cccnc2)n1. The molecule has 0 aliphatic rings. The topological polar surface area (TPSA) is 62.7 Å². The van der Waals surface area contributed by atoms with Crippen LogP contribution in [0.15, 0.2) is 54.9 Å². The van der Waals surface area contributed by atoms with Gasteiger partial charge < -0.3 is 10.6 Å². The van der Waals surface area contributed by atoms with Crippen molar-refractivity contribution in [2.24, 2.45) is 0 Å². The molecule has 0 aliphatic heterocycles. The first-order valence-electron chi connectivity index (χ1n) is 8.14. The Hall–Kier alpha value is -3.02. The average molecular weight is 337 g/mol. The Morgan fingerprint density at radius 2 is 1.96 bits per heavy atom. The molecule has 0 fully saturated rings. The van der Waals surface area contributed by atoms with Crippen LogP contribution in [0.4, 0.5) is 16.2 Å². The van der Waals surface area contributed by atoms with Gasteiger partial charge in [0.25, 0.3) is 0 Å². The van der Waals surface area contributed by atoms with E-state index in [9.17, 15) is 4.39 Å². The molecule has 25 heavy (non-hydrogen) atoms. The lowest BCUT2D eigenvalue weighted by atomic mass is 10.2. The molecule has 3 aromatic rings. The van der Waals surface area contributed by atoms with E-state index in [-0.39, 0.29) is 11.9 Å². The van der Waals surface area contributed by atoms with E-state index in [2.05, 4.69) is 25.6 Å². The zero-order valence-electron chi connectivity index (χ0n) is 14.2. The number of nitrogens with one attached hydrogen (secondary N) is 2. The van der Waals surface area contributed by atoms with Gasteiger partial charge in [-0.1, -0.05) is 12.1 Å². The highest BCUT2D eigenvalue weighted by molar-refractivity contribution is 5.63. The van der Waals surface area contributed by atoms with Crippen molar-refractivity contribution in [3.63, 3.8) is 0 Å². The van der Waals surface area contributed by atoms with Gasteiger partial charge in [-0.3, -0.25) is 4.98 Å². The lowest BCUT2D eigenvalue weighted by Crippen LogP contribution is -2.14. The van der Waals surface area contributed by atoms with Crippen LogP contribution in [-0.2, 0) is 6.54 Å². The molecular weight excluding hydrogens is 317 g/mol. The van der Waals surface area contributed by atoms with Crippen LogP contribution in [0, 0.1) is 5.82 Å². The average Bonchev–Trinajstić information content (AvgIpc) is 2.60. The van der Waals surface area contributed by atoms with Crippen molar-refractivity contribution in [3.8, 4) is 11.3 Å². The van der Waals surface area contributed by atoms with Crippen LogP contribution in [0.25, 0.3) is 11.3 Å². The fourth-order valence-electron chi connectivity index (χ4n) is 2.36. The number of hydrogen-bond acceptors (Lipinski definition) is 5. The lowest BCUT2D eigenvalue weighted by Gasteiger charge is -2.13. The van der Waals surface area contributed by atoms with Crippen LogP contribution in [0.1, 0.15) is 19.4 Å². The van der Waals surface area contributed by atoms with E-state index < -0.39 is 0 Å². The van der Waals surface area contributed by atoms with E-state index in [4.69, 9.17) is 0 Å². The minimum atomic E-state index is -0.250. The molecule has 0 saturated carbocycles. The second-order valence-corrected chi connectivity index (χ2v) is 5.99. The van der Waals surface area contributed by atoms with Crippen molar-refractivity contribution in [1.82, 2.24) is 15.0 Å². The van der Waals surface area contributed by atoms with Gasteiger partial charge in [0, 0.05) is 36.6 Å². The van der Waals surface area contributed by atoms with E-state index in [1.165, 1.54) is 12.1 Å². The molecular formula is C19H20FN5. The third kappa shape index (κ3) is 4.73. The van der Waals surface area contributed by atoms with Gasteiger partial charge in [0.05, 0.1) is 5.69 Å². The number of anilines is 2. The monoisotopic (exact) mass is 337 g/mol. The maximum absolute atomic E-state index is 13.3. The molecule has 0 aliphatic carbocycles. The highest BCUT2D eigenvalue weighted by Crippen LogP contribution is 2.21. The lowest BCUT2D eigenvalue weighted by molar-refractivity contribution is 0.626. The van der Waals surface area contributed by atoms with Gasteiger partial charge in [0.15, 0.2) is 0 Å². The Morgan fingerprint density at radius 1 is 1.08 bits per heavy atom. The van der Waals surface area contributed by atoms with Gasteiger partial charge in [-0.15, -0.1) is 0 Å². The van der Waals surface area contributed by atoms with Crippen molar-refractivity contribution in [2.75, 3.05) is 10.6 Å². The minimum absolute atomic E-state index is 0.209. The standard InChI is InChI=1S/C19H20FN5/c1-13(2)23-19-24-17(15-6-4-8-21-12-15)10-18(25-19)22-11-14-5-3-7-16(20)9-14/h3-10,12-13H,11H2,1-2H3,(H2,22,23,24,25). The van der Waals surface area contributed by atoms with Gasteiger partial charge in [0.1, 0.15) is 11.6 Å². The van der Waals surface area contributed by atoms with Crippen LogP contribution < -0.4 is 10.6 Å². The van der Waals surface area contributed by atoms with Crippen molar-refractivity contribution in [3.05, 3.63) is 66.2 Å². The molecule has 6 heteroatoms. The molecule has 0 radical (unpaired) electrons. The molecule has 0 unspecified atom stereocenters. The van der Waals surface area contributed by atoms with Crippen LogP contribution in [0.3, 0.4) is 0 Å². The van der Waals surface area contributed by atoms with E-state index in [1.54, 1.807) is 18.5 Å². The number of halogens is 1. The van der Waals surface area contributed by atoms with E-state index in [1.807, 2.05) is 38.1 Å². The summed E-state index contributed by atoms with van der Waals surface area (Å²) in [5, 5.41) is 6.45. The van der Waals surface area contributed by atoms with Crippen molar-refractivity contribution in [1.29, 1.82) is 0 Å². The summed E-state index contributed by atoms with van der Waals surface area (Å²) in [6, 6.07) is 12.4. The molecule has 0 bridgehead atoms. The number of rotatable bonds is 6. The zero-order valence-corrected chi connectivity index (χ0v) is 14.2. The Morgan fingerprint density at radius 3 is 2.68 bits per heavy atom. The Kier molecular flexibility index (Phi) is 5.18. The van der Waals surface area contributed by atoms with Gasteiger partial charge in [0.2, 0.25) is 5.95 Å². The van der Waals surface area contributed by atoms with Gasteiger partial charge in [-0.25, -0.2) is 9.37 Å². The van der Waals surface area contributed by atoms with Crippen molar-refractivity contribution < 1.29 is 4.39 Å².